The molecule has 0 aromatic carbocycles. The van der Waals surface area contributed by atoms with Gasteiger partial charge in [0, 0.05) is 11.5 Å². The first kappa shape index (κ1) is 9.78. The van der Waals surface area contributed by atoms with Gasteiger partial charge in [-0.05, 0) is 34.1 Å². The van der Waals surface area contributed by atoms with Crippen LogP contribution in [0.15, 0.2) is 23.5 Å². The third-order valence-corrected chi connectivity index (χ3v) is 3.22. The lowest BCUT2D eigenvalue weighted by molar-refractivity contribution is 0.0661. The lowest BCUT2D eigenvalue weighted by atomic mass is 9.84. The Labute approximate surface area is 85.3 Å². The zero-order chi connectivity index (χ0) is 10.6. The van der Waals surface area contributed by atoms with Gasteiger partial charge in [0.2, 0.25) is 0 Å². The van der Waals surface area contributed by atoms with Crippen LogP contribution in [-0.4, -0.2) is 16.3 Å². The first-order chi connectivity index (χ1) is 6.32. The molecule has 0 spiro atoms. The number of hydrogen-bond acceptors (Lipinski definition) is 2. The van der Waals surface area contributed by atoms with Crippen molar-refractivity contribution in [2.45, 2.75) is 45.3 Å². The van der Waals surface area contributed by atoms with Gasteiger partial charge in [0.25, 0.3) is 0 Å². The number of aliphatic hydroxyl groups is 1. The van der Waals surface area contributed by atoms with Crippen LogP contribution in [0.2, 0.25) is 0 Å². The van der Waals surface area contributed by atoms with E-state index in [4.69, 9.17) is 4.74 Å². The molecule has 2 nitrogen and oxygen atoms in total. The van der Waals surface area contributed by atoms with Gasteiger partial charge in [0.15, 0.2) is 0 Å². The van der Waals surface area contributed by atoms with E-state index < -0.39 is 5.60 Å². The van der Waals surface area contributed by atoms with Crippen molar-refractivity contribution in [2.75, 3.05) is 0 Å². The molecule has 1 fully saturated rings. The Morgan fingerprint density at radius 2 is 2.07 bits per heavy atom. The Morgan fingerprint density at radius 3 is 2.71 bits per heavy atom. The summed E-state index contributed by atoms with van der Waals surface area (Å²) in [5.41, 5.74) is 0.0359. The Morgan fingerprint density at radius 1 is 1.43 bits per heavy atom. The highest BCUT2D eigenvalue weighted by molar-refractivity contribution is 5.34. The first-order valence-corrected chi connectivity index (χ1v) is 5.14. The maximum atomic E-state index is 10.0. The average molecular weight is 194 g/mol. The lowest BCUT2D eigenvalue weighted by Crippen LogP contribution is -2.27. The molecule has 78 valence electrons. The number of fused-ring (bicyclic) bond motifs is 1. The molecule has 1 heterocycles. The number of ether oxygens (including phenoxy) is 1. The highest BCUT2D eigenvalue weighted by Crippen LogP contribution is 2.44. The molecule has 2 unspecified atom stereocenters. The van der Waals surface area contributed by atoms with E-state index in [9.17, 15) is 5.11 Å². The predicted molar refractivity (Wildman–Crippen MR) is 55.7 cm³/mol. The molecular formula is C12H18O2. The summed E-state index contributed by atoms with van der Waals surface area (Å²) in [6, 6.07) is 0. The van der Waals surface area contributed by atoms with Gasteiger partial charge in [-0.25, -0.2) is 0 Å². The summed E-state index contributed by atoms with van der Waals surface area (Å²) < 4.78 is 5.87. The van der Waals surface area contributed by atoms with Gasteiger partial charge in [-0.2, -0.15) is 0 Å². The summed E-state index contributed by atoms with van der Waals surface area (Å²) in [5.74, 6) is 1.34. The molecule has 0 aromatic rings. The van der Waals surface area contributed by atoms with Crippen molar-refractivity contribution in [1.29, 1.82) is 0 Å². The van der Waals surface area contributed by atoms with Gasteiger partial charge in [0.05, 0.1) is 0 Å². The van der Waals surface area contributed by atoms with Crippen LogP contribution >= 0.6 is 0 Å². The van der Waals surface area contributed by atoms with Crippen LogP contribution in [-0.2, 0) is 4.74 Å². The van der Waals surface area contributed by atoms with Gasteiger partial charge in [-0.3, -0.25) is 0 Å². The van der Waals surface area contributed by atoms with Crippen molar-refractivity contribution < 1.29 is 9.84 Å². The maximum Gasteiger partial charge on any atom is 0.106 e. The summed E-state index contributed by atoms with van der Waals surface area (Å²) >= 11 is 0. The van der Waals surface area contributed by atoms with Crippen molar-refractivity contribution in [2.24, 2.45) is 5.92 Å². The summed E-state index contributed by atoms with van der Waals surface area (Å²) in [4.78, 5) is 0. The van der Waals surface area contributed by atoms with E-state index in [2.05, 4.69) is 19.9 Å². The lowest BCUT2D eigenvalue weighted by Gasteiger charge is -2.28. The zero-order valence-electron chi connectivity index (χ0n) is 9.29. The fourth-order valence-corrected chi connectivity index (χ4v) is 2.23. The molecular weight excluding hydrogens is 176 g/mol. The second kappa shape index (κ2) is 2.63. The minimum absolute atomic E-state index is 0.0913. The van der Waals surface area contributed by atoms with Gasteiger partial charge in [0.1, 0.15) is 17.0 Å². The molecule has 1 N–H and O–H groups in total. The second-order valence-corrected chi connectivity index (χ2v) is 5.17. The molecule has 1 aliphatic carbocycles. The summed E-state index contributed by atoms with van der Waals surface area (Å²) in [6.45, 7) is 7.94. The van der Waals surface area contributed by atoms with Crippen LogP contribution < -0.4 is 0 Å². The number of rotatable bonds is 0. The van der Waals surface area contributed by atoms with Crippen molar-refractivity contribution >= 4 is 0 Å². The Bertz CT molecular complexity index is 321. The Kier molecular flexibility index (Phi) is 1.84. The predicted octanol–water partition coefficient (Wildman–Crippen LogP) is 2.40. The van der Waals surface area contributed by atoms with Crippen LogP contribution in [0.4, 0.5) is 0 Å². The minimum atomic E-state index is -0.827. The molecule has 0 radical (unpaired) electrons. The fourth-order valence-electron chi connectivity index (χ4n) is 2.23. The molecule has 1 saturated heterocycles. The summed E-state index contributed by atoms with van der Waals surface area (Å²) in [6.07, 6.45) is 4.95. The molecule has 2 atom stereocenters. The normalized spacial score (nSPS) is 39.6. The monoisotopic (exact) mass is 194 g/mol. The quantitative estimate of drug-likeness (QED) is 0.600. The Hall–Kier alpha value is -0.760. The molecule has 0 bridgehead atoms. The topological polar surface area (TPSA) is 29.5 Å². The van der Waals surface area contributed by atoms with Gasteiger partial charge >= 0.3 is 0 Å². The molecule has 0 saturated carbocycles. The smallest absolute Gasteiger partial charge is 0.106 e. The number of allylic oxidation sites excluding steroid dienone is 1. The average Bonchev–Trinajstić information content (AvgIpc) is 2.35. The minimum Gasteiger partial charge on any atom is -0.491 e. The highest BCUT2D eigenvalue weighted by Gasteiger charge is 2.41. The van der Waals surface area contributed by atoms with Crippen molar-refractivity contribution in [1.82, 2.24) is 0 Å². The third-order valence-electron chi connectivity index (χ3n) is 3.22. The van der Waals surface area contributed by atoms with Crippen LogP contribution in [0, 0.1) is 5.92 Å². The van der Waals surface area contributed by atoms with Gasteiger partial charge in [-0.1, -0.05) is 12.2 Å². The van der Waals surface area contributed by atoms with E-state index in [1.54, 1.807) is 6.92 Å². The van der Waals surface area contributed by atoms with E-state index in [-0.39, 0.29) is 5.60 Å². The highest BCUT2D eigenvalue weighted by atomic mass is 16.5. The summed E-state index contributed by atoms with van der Waals surface area (Å²) in [5, 5.41) is 10.0. The van der Waals surface area contributed by atoms with Crippen LogP contribution in [0.5, 0.6) is 0 Å². The SMILES string of the molecule is CC1=C2OC(C)(C)CC2C=CC1(C)O. The Balaban J connectivity index is 2.40. The second-order valence-electron chi connectivity index (χ2n) is 5.17. The molecule has 2 heteroatoms. The maximum absolute atomic E-state index is 10.0. The van der Waals surface area contributed by atoms with Gasteiger partial charge < -0.3 is 9.84 Å². The number of hydrogen-bond donors (Lipinski definition) is 1. The summed E-state index contributed by atoms with van der Waals surface area (Å²) in [7, 11) is 0. The third kappa shape index (κ3) is 1.38. The van der Waals surface area contributed by atoms with E-state index in [1.807, 2.05) is 13.0 Å². The van der Waals surface area contributed by atoms with Crippen molar-refractivity contribution in [3.8, 4) is 0 Å². The zero-order valence-corrected chi connectivity index (χ0v) is 9.29. The van der Waals surface area contributed by atoms with E-state index in [0.717, 1.165) is 17.8 Å². The molecule has 1 aliphatic heterocycles. The van der Waals surface area contributed by atoms with E-state index >= 15 is 0 Å². The van der Waals surface area contributed by atoms with E-state index in [0.29, 0.717) is 5.92 Å². The van der Waals surface area contributed by atoms with E-state index in [1.165, 1.54) is 0 Å². The fraction of sp³-hybridized carbons (Fsp3) is 0.667. The molecule has 0 amide bonds. The largest absolute Gasteiger partial charge is 0.491 e. The molecule has 2 aliphatic rings. The first-order valence-electron chi connectivity index (χ1n) is 5.14. The van der Waals surface area contributed by atoms with Gasteiger partial charge in [-0.15, -0.1) is 0 Å². The molecule has 2 rings (SSSR count). The van der Waals surface area contributed by atoms with Crippen LogP contribution in [0.25, 0.3) is 0 Å². The standard InChI is InChI=1S/C12H18O2/c1-8-10-9(5-6-12(8,4)13)7-11(2,3)14-10/h5-6,9,13H,7H2,1-4H3. The molecule has 14 heavy (non-hydrogen) atoms. The van der Waals surface area contributed by atoms with Crippen LogP contribution in [0.1, 0.15) is 34.1 Å². The molecule has 0 aromatic heterocycles. The van der Waals surface area contributed by atoms with Crippen molar-refractivity contribution in [3.05, 3.63) is 23.5 Å². The van der Waals surface area contributed by atoms with Crippen molar-refractivity contribution in [3.63, 3.8) is 0 Å². The van der Waals surface area contributed by atoms with Crippen LogP contribution in [0.3, 0.4) is 0 Å².